The highest BCUT2D eigenvalue weighted by molar-refractivity contribution is 5.86. The molecule has 0 aliphatic rings. The maximum Gasteiger partial charge on any atom is 0.333 e. The van der Waals surface area contributed by atoms with Gasteiger partial charge in [-0.3, -0.25) is 10.1 Å². The fourth-order valence-corrected chi connectivity index (χ4v) is 2.30. The quantitative estimate of drug-likeness (QED) is 0.213. The smallest absolute Gasteiger partial charge is 0.333 e. The highest BCUT2D eigenvalue weighted by atomic mass is 16.6. The lowest BCUT2D eigenvalue weighted by Gasteiger charge is -2.10. The lowest BCUT2D eigenvalue weighted by Crippen LogP contribution is -2.08. The minimum absolute atomic E-state index is 0.00369. The van der Waals surface area contributed by atoms with Crippen LogP contribution in [0.4, 0.5) is 22.7 Å². The Hall–Kier alpha value is -3.55. The standard InChI is InChI=1S/C20H22N4O4/c1-4-21-19-13-15(11-12-28-20(25)14(2)3)5-10-18(19)23-22-16-6-8-17(9-7-16)24(26)27/h5-10,13,21H,2,4,11-12H2,1,3H3. The van der Waals surface area contributed by atoms with Gasteiger partial charge in [-0.05, 0) is 43.7 Å². The molecule has 0 atom stereocenters. The van der Waals surface area contributed by atoms with E-state index in [4.69, 9.17) is 4.74 Å². The van der Waals surface area contributed by atoms with Crippen molar-refractivity contribution in [3.05, 3.63) is 70.3 Å². The van der Waals surface area contributed by atoms with Gasteiger partial charge in [0.25, 0.3) is 5.69 Å². The van der Waals surface area contributed by atoms with Gasteiger partial charge in [0.1, 0.15) is 5.69 Å². The normalized spacial score (nSPS) is 10.6. The fraction of sp³-hybridized carbons (Fsp3) is 0.250. The first-order chi connectivity index (χ1) is 13.4. The molecule has 0 heterocycles. The molecule has 0 fully saturated rings. The molecule has 0 aliphatic heterocycles. The maximum atomic E-state index is 11.4. The van der Waals surface area contributed by atoms with Crippen LogP contribution in [0.5, 0.6) is 0 Å². The lowest BCUT2D eigenvalue weighted by atomic mass is 10.1. The van der Waals surface area contributed by atoms with Crippen LogP contribution >= 0.6 is 0 Å². The molecule has 8 nitrogen and oxygen atoms in total. The number of carbonyl (C=O) groups is 1. The summed E-state index contributed by atoms with van der Waals surface area (Å²) in [5.41, 5.74) is 3.32. The second-order valence-corrected chi connectivity index (χ2v) is 6.02. The molecule has 0 amide bonds. The fourth-order valence-electron chi connectivity index (χ4n) is 2.30. The predicted molar refractivity (Wildman–Crippen MR) is 107 cm³/mol. The Morgan fingerprint density at radius 2 is 1.93 bits per heavy atom. The summed E-state index contributed by atoms with van der Waals surface area (Å²) in [6, 6.07) is 11.5. The minimum Gasteiger partial charge on any atom is -0.462 e. The number of nitro benzene ring substituents is 1. The summed E-state index contributed by atoms with van der Waals surface area (Å²) >= 11 is 0. The van der Waals surface area contributed by atoms with E-state index < -0.39 is 10.9 Å². The summed E-state index contributed by atoms with van der Waals surface area (Å²) in [6.45, 7) is 8.09. The van der Waals surface area contributed by atoms with Gasteiger partial charge in [-0.15, -0.1) is 5.11 Å². The molecule has 0 bridgehead atoms. The third-order valence-electron chi connectivity index (χ3n) is 3.73. The minimum atomic E-state index is -0.462. The molecule has 2 aromatic rings. The van der Waals surface area contributed by atoms with Crippen molar-refractivity contribution < 1.29 is 14.5 Å². The number of rotatable bonds is 9. The molecule has 0 saturated carbocycles. The van der Waals surface area contributed by atoms with Gasteiger partial charge in [-0.25, -0.2) is 4.79 Å². The van der Waals surface area contributed by atoms with E-state index >= 15 is 0 Å². The zero-order valence-corrected chi connectivity index (χ0v) is 15.8. The maximum absolute atomic E-state index is 11.4. The van der Waals surface area contributed by atoms with Crippen LogP contribution in [0.25, 0.3) is 0 Å². The van der Waals surface area contributed by atoms with E-state index in [1.807, 2.05) is 25.1 Å². The van der Waals surface area contributed by atoms with Gasteiger partial charge < -0.3 is 10.1 Å². The van der Waals surface area contributed by atoms with Crippen LogP contribution in [0, 0.1) is 10.1 Å². The van der Waals surface area contributed by atoms with Crippen molar-refractivity contribution in [1.82, 2.24) is 0 Å². The summed E-state index contributed by atoms with van der Waals surface area (Å²) in [5, 5.41) is 22.3. The second-order valence-electron chi connectivity index (χ2n) is 6.02. The van der Waals surface area contributed by atoms with Gasteiger partial charge in [-0.2, -0.15) is 5.11 Å². The second kappa shape index (κ2) is 9.96. The Kier molecular flexibility index (Phi) is 7.38. The summed E-state index contributed by atoms with van der Waals surface area (Å²) in [4.78, 5) is 21.7. The Bertz CT molecular complexity index is 892. The summed E-state index contributed by atoms with van der Waals surface area (Å²) in [5.74, 6) is -0.402. The Balaban J connectivity index is 2.10. The SMILES string of the molecule is C=C(C)C(=O)OCCc1ccc(N=Nc2ccc([N+](=O)[O-])cc2)c(NCC)c1. The first-order valence-electron chi connectivity index (χ1n) is 8.76. The third-order valence-corrected chi connectivity index (χ3v) is 3.73. The number of nitrogens with zero attached hydrogens (tertiary/aromatic N) is 3. The zero-order chi connectivity index (χ0) is 20.5. The van der Waals surface area contributed by atoms with Crippen LogP contribution in [0.15, 0.2) is 64.8 Å². The molecular formula is C20H22N4O4. The zero-order valence-electron chi connectivity index (χ0n) is 15.8. The average molecular weight is 382 g/mol. The molecule has 0 radical (unpaired) electrons. The molecule has 0 aliphatic carbocycles. The molecule has 1 N–H and O–H groups in total. The predicted octanol–water partition coefficient (Wildman–Crippen LogP) is 5.10. The van der Waals surface area contributed by atoms with Crippen LogP contribution in [0.3, 0.4) is 0 Å². The highest BCUT2D eigenvalue weighted by Gasteiger charge is 2.07. The molecular weight excluding hydrogens is 360 g/mol. The molecule has 2 rings (SSSR count). The summed E-state index contributed by atoms with van der Waals surface area (Å²) < 4.78 is 5.12. The number of hydrogen-bond donors (Lipinski definition) is 1. The number of esters is 1. The molecule has 146 valence electrons. The van der Waals surface area contributed by atoms with Crippen LogP contribution < -0.4 is 5.32 Å². The van der Waals surface area contributed by atoms with Gasteiger partial charge in [-0.1, -0.05) is 12.6 Å². The van der Waals surface area contributed by atoms with E-state index in [0.717, 1.165) is 11.3 Å². The number of ether oxygens (including phenoxy) is 1. The molecule has 2 aromatic carbocycles. The van der Waals surface area contributed by atoms with Crippen molar-refractivity contribution in [3.63, 3.8) is 0 Å². The van der Waals surface area contributed by atoms with Gasteiger partial charge >= 0.3 is 5.97 Å². The molecule has 28 heavy (non-hydrogen) atoms. The topological polar surface area (TPSA) is 106 Å². The van der Waals surface area contributed by atoms with Gasteiger partial charge in [0.05, 0.1) is 22.9 Å². The Labute approximate surface area is 163 Å². The molecule has 0 unspecified atom stereocenters. The van der Waals surface area contributed by atoms with Crippen LogP contribution in [0.1, 0.15) is 19.4 Å². The highest BCUT2D eigenvalue weighted by Crippen LogP contribution is 2.29. The van der Waals surface area contributed by atoms with E-state index in [0.29, 0.717) is 29.9 Å². The number of anilines is 1. The number of non-ortho nitro benzene ring substituents is 1. The van der Waals surface area contributed by atoms with E-state index in [-0.39, 0.29) is 12.3 Å². The van der Waals surface area contributed by atoms with Crippen molar-refractivity contribution in [2.45, 2.75) is 20.3 Å². The molecule has 0 aromatic heterocycles. The van der Waals surface area contributed by atoms with Gasteiger partial charge in [0.15, 0.2) is 0 Å². The third kappa shape index (κ3) is 6.01. The lowest BCUT2D eigenvalue weighted by molar-refractivity contribution is -0.384. The summed E-state index contributed by atoms with van der Waals surface area (Å²) in [7, 11) is 0. The number of nitrogens with one attached hydrogen (secondary N) is 1. The van der Waals surface area contributed by atoms with Crippen molar-refractivity contribution in [3.8, 4) is 0 Å². The average Bonchev–Trinajstić information content (AvgIpc) is 2.67. The van der Waals surface area contributed by atoms with E-state index in [9.17, 15) is 14.9 Å². The molecule has 0 spiro atoms. The number of hydrogen-bond acceptors (Lipinski definition) is 7. The number of benzene rings is 2. The monoisotopic (exact) mass is 382 g/mol. The Morgan fingerprint density at radius 1 is 1.21 bits per heavy atom. The molecule has 0 saturated heterocycles. The van der Waals surface area contributed by atoms with Crippen molar-refractivity contribution in [2.75, 3.05) is 18.5 Å². The van der Waals surface area contributed by atoms with Crippen molar-refractivity contribution >= 4 is 28.7 Å². The largest absolute Gasteiger partial charge is 0.462 e. The summed E-state index contributed by atoms with van der Waals surface area (Å²) in [6.07, 6.45) is 0.567. The first kappa shape index (κ1) is 20.8. The van der Waals surface area contributed by atoms with Gasteiger partial charge in [0, 0.05) is 30.7 Å². The van der Waals surface area contributed by atoms with Crippen LogP contribution in [0.2, 0.25) is 0 Å². The van der Waals surface area contributed by atoms with E-state index in [1.54, 1.807) is 19.1 Å². The number of carbonyl (C=O) groups excluding carboxylic acids is 1. The number of azo groups is 1. The number of nitro groups is 1. The first-order valence-corrected chi connectivity index (χ1v) is 8.76. The van der Waals surface area contributed by atoms with E-state index in [1.165, 1.54) is 12.1 Å². The molecule has 8 heteroatoms. The van der Waals surface area contributed by atoms with Crippen molar-refractivity contribution in [1.29, 1.82) is 0 Å². The van der Waals surface area contributed by atoms with E-state index in [2.05, 4.69) is 22.1 Å². The van der Waals surface area contributed by atoms with Crippen molar-refractivity contribution in [2.24, 2.45) is 10.2 Å². The van der Waals surface area contributed by atoms with Gasteiger partial charge in [0.2, 0.25) is 0 Å². The van der Waals surface area contributed by atoms with Crippen LogP contribution in [-0.4, -0.2) is 24.0 Å². The Morgan fingerprint density at radius 3 is 2.54 bits per heavy atom. The van der Waals surface area contributed by atoms with Crippen LogP contribution in [-0.2, 0) is 16.0 Å².